The van der Waals surface area contributed by atoms with Gasteiger partial charge in [-0.15, -0.1) is 0 Å². The van der Waals surface area contributed by atoms with E-state index in [1.807, 2.05) is 0 Å². The molecule has 3 amide bonds. The molecule has 0 aliphatic carbocycles. The zero-order chi connectivity index (χ0) is 21.8. The Bertz CT molecular complexity index is 1060. The van der Waals surface area contributed by atoms with Gasteiger partial charge in [-0.25, -0.2) is 14.1 Å². The Balaban J connectivity index is 1.84. The molecule has 1 aliphatic heterocycles. The average molecular weight is 435 g/mol. The molecule has 0 bridgehead atoms. The maximum Gasteiger partial charge on any atom is 0.329 e. The molecule has 1 fully saturated rings. The van der Waals surface area contributed by atoms with Gasteiger partial charge in [0.1, 0.15) is 24.7 Å². The molecule has 8 nitrogen and oxygen atoms in total. The Labute approximate surface area is 175 Å². The number of hydrogen-bond acceptors (Lipinski definition) is 5. The smallest absolute Gasteiger partial charge is 0.329 e. The predicted molar refractivity (Wildman–Crippen MR) is 105 cm³/mol. The fourth-order valence-electron chi connectivity index (χ4n) is 2.75. The van der Waals surface area contributed by atoms with Crippen LogP contribution in [-0.4, -0.2) is 41.6 Å². The summed E-state index contributed by atoms with van der Waals surface area (Å²) < 4.78 is 24.7. The van der Waals surface area contributed by atoms with Crippen molar-refractivity contribution in [2.45, 2.75) is 6.61 Å². The molecule has 1 heterocycles. The molecule has 2 aromatic carbocycles. The number of rotatable bonds is 7. The lowest BCUT2D eigenvalue weighted by Gasteiger charge is -2.14. The number of nitrogens with zero attached hydrogens (tertiary/aromatic N) is 1. The van der Waals surface area contributed by atoms with E-state index >= 15 is 0 Å². The standard InChI is InChI=1S/C20H16ClFN2O6/c1-29-16-8-11(7-15-19(27)24(9-17(25)26)20(28)23-15)6-13(21)18(16)30-10-12-4-2-3-5-14(12)22/h2-8H,9-10H2,1H3,(H,23,28)(H,25,26)/b15-7+. The van der Waals surface area contributed by atoms with E-state index in [4.69, 9.17) is 26.2 Å². The van der Waals surface area contributed by atoms with Crippen molar-refractivity contribution in [2.75, 3.05) is 13.7 Å². The quantitative estimate of drug-likeness (QED) is 0.512. The maximum absolute atomic E-state index is 13.8. The Hall–Kier alpha value is -3.59. The first-order chi connectivity index (χ1) is 14.3. The highest BCUT2D eigenvalue weighted by Crippen LogP contribution is 2.37. The molecule has 2 N–H and O–H groups in total. The van der Waals surface area contributed by atoms with Crippen molar-refractivity contribution in [3.8, 4) is 11.5 Å². The number of benzene rings is 2. The van der Waals surface area contributed by atoms with Gasteiger partial charge in [0.15, 0.2) is 11.5 Å². The number of ether oxygens (including phenoxy) is 2. The molecule has 1 saturated heterocycles. The molecule has 3 rings (SSSR count). The second kappa shape index (κ2) is 8.83. The fraction of sp³-hybridized carbons (Fsp3) is 0.150. The number of carboxylic acids is 1. The van der Waals surface area contributed by atoms with Crippen molar-refractivity contribution in [1.29, 1.82) is 0 Å². The van der Waals surface area contributed by atoms with Gasteiger partial charge in [0.2, 0.25) is 0 Å². The van der Waals surface area contributed by atoms with Crippen molar-refractivity contribution in [3.05, 3.63) is 64.1 Å². The summed E-state index contributed by atoms with van der Waals surface area (Å²) in [6.07, 6.45) is 1.33. The van der Waals surface area contributed by atoms with Crippen LogP contribution in [0.5, 0.6) is 11.5 Å². The lowest BCUT2D eigenvalue weighted by molar-refractivity contribution is -0.140. The number of carboxylic acid groups (broad SMARTS) is 1. The van der Waals surface area contributed by atoms with Crippen LogP contribution in [0.15, 0.2) is 42.1 Å². The average Bonchev–Trinajstić information content (AvgIpc) is 2.95. The van der Waals surface area contributed by atoms with Gasteiger partial charge in [0.05, 0.1) is 12.1 Å². The van der Waals surface area contributed by atoms with E-state index in [-0.39, 0.29) is 28.8 Å². The second-order valence-corrected chi connectivity index (χ2v) is 6.59. The van der Waals surface area contributed by atoms with Gasteiger partial charge in [-0.1, -0.05) is 29.8 Å². The zero-order valence-corrected chi connectivity index (χ0v) is 16.4. The molecule has 0 atom stereocenters. The molecule has 0 spiro atoms. The van der Waals surface area contributed by atoms with Gasteiger partial charge in [0, 0.05) is 5.56 Å². The second-order valence-electron chi connectivity index (χ2n) is 6.19. The first-order valence-corrected chi connectivity index (χ1v) is 8.98. The number of carbonyl (C=O) groups is 3. The maximum atomic E-state index is 13.8. The van der Waals surface area contributed by atoms with Crippen molar-refractivity contribution in [1.82, 2.24) is 10.2 Å². The number of hydrogen-bond donors (Lipinski definition) is 2. The number of methoxy groups -OCH3 is 1. The minimum atomic E-state index is -1.32. The first-order valence-electron chi connectivity index (χ1n) is 8.60. The summed E-state index contributed by atoms with van der Waals surface area (Å²) >= 11 is 6.28. The van der Waals surface area contributed by atoms with Crippen molar-refractivity contribution in [3.63, 3.8) is 0 Å². The van der Waals surface area contributed by atoms with Crippen LogP contribution in [0.4, 0.5) is 9.18 Å². The van der Waals surface area contributed by atoms with Crippen LogP contribution in [-0.2, 0) is 16.2 Å². The van der Waals surface area contributed by atoms with Crippen molar-refractivity contribution >= 4 is 35.6 Å². The third-order valence-corrected chi connectivity index (χ3v) is 4.43. The summed E-state index contributed by atoms with van der Waals surface area (Å²) in [6, 6.07) is 8.27. The molecule has 10 heteroatoms. The van der Waals surface area contributed by atoms with Crippen LogP contribution in [0.3, 0.4) is 0 Å². The number of nitrogens with one attached hydrogen (secondary N) is 1. The SMILES string of the molecule is COc1cc(/C=C2/NC(=O)N(CC(=O)O)C2=O)cc(Cl)c1OCc1ccccc1F. The molecule has 30 heavy (non-hydrogen) atoms. The van der Waals surface area contributed by atoms with E-state index in [0.29, 0.717) is 16.0 Å². The Morgan fingerprint density at radius 1 is 1.30 bits per heavy atom. The van der Waals surface area contributed by atoms with E-state index < -0.39 is 30.3 Å². The lowest BCUT2D eigenvalue weighted by Crippen LogP contribution is -2.35. The van der Waals surface area contributed by atoms with Gasteiger partial charge in [-0.05, 0) is 29.8 Å². The molecule has 0 unspecified atom stereocenters. The molecular formula is C20H16ClFN2O6. The third kappa shape index (κ3) is 4.52. The van der Waals surface area contributed by atoms with Crippen molar-refractivity contribution < 1.29 is 33.4 Å². The molecular weight excluding hydrogens is 419 g/mol. The van der Waals surface area contributed by atoms with Crippen LogP contribution in [0, 0.1) is 5.82 Å². The Morgan fingerprint density at radius 3 is 2.70 bits per heavy atom. The number of halogens is 2. The number of imide groups is 1. The molecule has 156 valence electrons. The van der Waals surface area contributed by atoms with Gasteiger partial charge < -0.3 is 19.9 Å². The van der Waals surface area contributed by atoms with Crippen LogP contribution >= 0.6 is 11.6 Å². The molecule has 1 aliphatic rings. The highest BCUT2D eigenvalue weighted by Gasteiger charge is 2.34. The van der Waals surface area contributed by atoms with E-state index in [0.717, 1.165) is 0 Å². The van der Waals surface area contributed by atoms with Crippen LogP contribution < -0.4 is 14.8 Å². The van der Waals surface area contributed by atoms with Gasteiger partial charge >= 0.3 is 12.0 Å². The van der Waals surface area contributed by atoms with E-state index in [9.17, 15) is 18.8 Å². The summed E-state index contributed by atoms with van der Waals surface area (Å²) in [6.45, 7) is -0.837. The largest absolute Gasteiger partial charge is 0.493 e. The Morgan fingerprint density at radius 2 is 2.03 bits per heavy atom. The van der Waals surface area contributed by atoms with Crippen molar-refractivity contribution in [2.24, 2.45) is 0 Å². The normalized spacial score (nSPS) is 14.8. The van der Waals surface area contributed by atoms with Gasteiger partial charge in [-0.3, -0.25) is 9.59 Å². The number of urea groups is 1. The third-order valence-electron chi connectivity index (χ3n) is 4.15. The molecule has 2 aromatic rings. The fourth-order valence-corrected chi connectivity index (χ4v) is 3.02. The van der Waals surface area contributed by atoms with Gasteiger partial charge in [-0.2, -0.15) is 0 Å². The zero-order valence-electron chi connectivity index (χ0n) is 15.6. The predicted octanol–water partition coefficient (Wildman–Crippen LogP) is 3.04. The highest BCUT2D eigenvalue weighted by atomic mass is 35.5. The topological polar surface area (TPSA) is 105 Å². The highest BCUT2D eigenvalue weighted by molar-refractivity contribution is 6.32. The summed E-state index contributed by atoms with van der Waals surface area (Å²) in [5.74, 6) is -2.11. The first kappa shape index (κ1) is 21.1. The van der Waals surface area contributed by atoms with E-state index in [1.54, 1.807) is 18.2 Å². The van der Waals surface area contributed by atoms with Crippen LogP contribution in [0.2, 0.25) is 5.02 Å². The molecule has 0 saturated carbocycles. The number of amides is 3. The number of carbonyl (C=O) groups excluding carboxylic acids is 2. The van der Waals surface area contributed by atoms with E-state index in [1.165, 1.54) is 31.4 Å². The Kier molecular flexibility index (Phi) is 6.22. The number of aliphatic carboxylic acids is 1. The summed E-state index contributed by atoms with van der Waals surface area (Å²) in [7, 11) is 1.38. The lowest BCUT2D eigenvalue weighted by atomic mass is 10.1. The van der Waals surface area contributed by atoms with E-state index in [2.05, 4.69) is 5.32 Å². The summed E-state index contributed by atoms with van der Waals surface area (Å²) in [5.41, 5.74) is 0.620. The minimum absolute atomic E-state index is 0.0815. The van der Waals surface area contributed by atoms with Gasteiger partial charge in [0.25, 0.3) is 5.91 Å². The summed E-state index contributed by atoms with van der Waals surface area (Å²) in [4.78, 5) is 35.4. The monoisotopic (exact) mass is 434 g/mol. The summed E-state index contributed by atoms with van der Waals surface area (Å²) in [5, 5.41) is 11.3. The molecule has 0 radical (unpaired) electrons. The van der Waals surface area contributed by atoms with Crippen LogP contribution in [0.25, 0.3) is 6.08 Å². The molecule has 0 aromatic heterocycles. The van der Waals surface area contributed by atoms with Crippen LogP contribution in [0.1, 0.15) is 11.1 Å². The minimum Gasteiger partial charge on any atom is -0.493 e.